The molecule has 1 aromatic carbocycles. The number of aliphatic carboxylic acids is 1. The maximum Gasteiger partial charge on any atom is 0.303 e. The molecule has 0 aliphatic carbocycles. The highest BCUT2D eigenvalue weighted by Gasteiger charge is 2.15. The molecule has 0 amide bonds. The fraction of sp³-hybridized carbons (Fsp3) is 0.333. The molecule has 0 radical (unpaired) electrons. The fourth-order valence-corrected chi connectivity index (χ4v) is 2.25. The fourth-order valence-electron chi connectivity index (χ4n) is 2.25. The van der Waals surface area contributed by atoms with Gasteiger partial charge in [0.25, 0.3) is 0 Å². The van der Waals surface area contributed by atoms with Crippen molar-refractivity contribution in [1.29, 1.82) is 0 Å². The highest BCUT2D eigenvalue weighted by Crippen LogP contribution is 2.28. The lowest BCUT2D eigenvalue weighted by Gasteiger charge is -2.05. The van der Waals surface area contributed by atoms with Crippen molar-refractivity contribution < 1.29 is 9.90 Å². The second kappa shape index (κ2) is 5.26. The zero-order valence-corrected chi connectivity index (χ0v) is 11.5. The second-order valence-electron chi connectivity index (χ2n) is 4.79. The molecule has 0 aliphatic heterocycles. The quantitative estimate of drug-likeness (QED) is 0.917. The molecule has 0 saturated carbocycles. The maximum absolute atomic E-state index is 10.7. The molecule has 0 fully saturated rings. The first-order valence-electron chi connectivity index (χ1n) is 6.30. The Hall–Kier alpha value is -2.10. The third-order valence-corrected chi connectivity index (χ3v) is 3.29. The van der Waals surface area contributed by atoms with Crippen LogP contribution in [-0.2, 0) is 18.3 Å². The number of hydrogen-bond donors (Lipinski definition) is 1. The molecule has 0 saturated heterocycles. The number of carbonyl (C=O) groups is 1. The van der Waals surface area contributed by atoms with Gasteiger partial charge in [0.15, 0.2) is 0 Å². The van der Waals surface area contributed by atoms with E-state index in [1.165, 1.54) is 5.56 Å². The van der Waals surface area contributed by atoms with E-state index in [0.29, 0.717) is 6.42 Å². The van der Waals surface area contributed by atoms with Gasteiger partial charge in [-0.05, 0) is 19.4 Å². The molecular formula is C15H18N2O2. The van der Waals surface area contributed by atoms with Gasteiger partial charge in [0.05, 0.1) is 12.1 Å². The Kier molecular flexibility index (Phi) is 3.69. The molecule has 100 valence electrons. The van der Waals surface area contributed by atoms with Crippen LogP contribution >= 0.6 is 0 Å². The first kappa shape index (κ1) is 13.3. The van der Waals surface area contributed by atoms with E-state index in [4.69, 9.17) is 5.11 Å². The van der Waals surface area contributed by atoms with Crippen molar-refractivity contribution in [3.8, 4) is 11.1 Å². The van der Waals surface area contributed by atoms with E-state index in [-0.39, 0.29) is 6.42 Å². The normalized spacial score (nSPS) is 10.7. The van der Waals surface area contributed by atoms with Crippen LogP contribution in [0.3, 0.4) is 0 Å². The molecule has 0 unspecified atom stereocenters. The number of benzene rings is 1. The summed E-state index contributed by atoms with van der Waals surface area (Å²) in [5.41, 5.74) is 5.27. The molecule has 2 aromatic rings. The third kappa shape index (κ3) is 2.84. The molecule has 0 spiro atoms. The van der Waals surface area contributed by atoms with Crippen LogP contribution < -0.4 is 0 Å². The van der Waals surface area contributed by atoms with Crippen LogP contribution in [-0.4, -0.2) is 20.9 Å². The van der Waals surface area contributed by atoms with Crippen LogP contribution in [0.15, 0.2) is 24.3 Å². The van der Waals surface area contributed by atoms with Gasteiger partial charge in [-0.1, -0.05) is 29.8 Å². The van der Waals surface area contributed by atoms with Gasteiger partial charge in [0.1, 0.15) is 0 Å². The van der Waals surface area contributed by atoms with Crippen LogP contribution in [0.2, 0.25) is 0 Å². The van der Waals surface area contributed by atoms with Crippen LogP contribution in [0.25, 0.3) is 11.1 Å². The minimum Gasteiger partial charge on any atom is -0.481 e. The number of rotatable bonds is 4. The van der Waals surface area contributed by atoms with Crippen LogP contribution in [0.5, 0.6) is 0 Å². The zero-order chi connectivity index (χ0) is 14.0. The molecule has 0 bridgehead atoms. The predicted octanol–water partition coefficient (Wildman–Crippen LogP) is 2.72. The molecule has 1 aromatic heterocycles. The number of nitrogens with zero attached hydrogens (tertiary/aromatic N) is 2. The second-order valence-corrected chi connectivity index (χ2v) is 4.79. The number of carboxylic acids is 1. The van der Waals surface area contributed by atoms with Gasteiger partial charge in [0, 0.05) is 24.7 Å². The van der Waals surface area contributed by atoms with Gasteiger partial charge >= 0.3 is 5.97 Å². The van der Waals surface area contributed by atoms with E-state index in [2.05, 4.69) is 11.2 Å². The summed E-state index contributed by atoms with van der Waals surface area (Å²) in [4.78, 5) is 10.7. The molecule has 0 aliphatic rings. The average Bonchev–Trinajstić information content (AvgIpc) is 2.63. The molecule has 4 nitrogen and oxygen atoms in total. The zero-order valence-electron chi connectivity index (χ0n) is 11.5. The van der Waals surface area contributed by atoms with Gasteiger partial charge in [0.2, 0.25) is 0 Å². The van der Waals surface area contributed by atoms with Crippen LogP contribution in [0.4, 0.5) is 0 Å². The standard InChI is InChI=1S/C15H18N2O2/c1-10-5-4-6-12(9-10)15-11(2)17(3)16-13(15)7-8-14(18)19/h4-6,9H,7-8H2,1-3H3,(H,18,19). The van der Waals surface area contributed by atoms with Crippen molar-refractivity contribution in [2.45, 2.75) is 26.7 Å². The topological polar surface area (TPSA) is 55.1 Å². The van der Waals surface area contributed by atoms with E-state index < -0.39 is 5.97 Å². The Morgan fingerprint density at radius 1 is 1.37 bits per heavy atom. The predicted molar refractivity (Wildman–Crippen MR) is 74.1 cm³/mol. The van der Waals surface area contributed by atoms with Crippen molar-refractivity contribution in [3.05, 3.63) is 41.2 Å². The van der Waals surface area contributed by atoms with E-state index in [1.54, 1.807) is 0 Å². The van der Waals surface area contributed by atoms with Gasteiger partial charge in [-0.3, -0.25) is 9.48 Å². The van der Waals surface area contributed by atoms with Gasteiger partial charge in [-0.15, -0.1) is 0 Å². The first-order valence-corrected chi connectivity index (χ1v) is 6.30. The van der Waals surface area contributed by atoms with Crippen molar-refractivity contribution in [3.63, 3.8) is 0 Å². The molecule has 4 heteroatoms. The van der Waals surface area contributed by atoms with Crippen molar-refractivity contribution >= 4 is 5.97 Å². The lowest BCUT2D eigenvalue weighted by Crippen LogP contribution is -1.99. The van der Waals surface area contributed by atoms with E-state index >= 15 is 0 Å². The molecule has 2 rings (SSSR count). The van der Waals surface area contributed by atoms with Crippen LogP contribution in [0.1, 0.15) is 23.4 Å². The Balaban J connectivity index is 2.46. The van der Waals surface area contributed by atoms with Crippen molar-refractivity contribution in [2.75, 3.05) is 0 Å². The Morgan fingerprint density at radius 3 is 2.74 bits per heavy atom. The Morgan fingerprint density at radius 2 is 2.11 bits per heavy atom. The Bertz CT molecular complexity index is 615. The lowest BCUT2D eigenvalue weighted by molar-refractivity contribution is -0.136. The summed E-state index contributed by atoms with van der Waals surface area (Å²) in [5.74, 6) is -0.793. The monoisotopic (exact) mass is 258 g/mol. The van der Waals surface area contributed by atoms with Gasteiger partial charge in [-0.25, -0.2) is 0 Å². The number of hydrogen-bond acceptors (Lipinski definition) is 2. The highest BCUT2D eigenvalue weighted by atomic mass is 16.4. The summed E-state index contributed by atoms with van der Waals surface area (Å²) >= 11 is 0. The molecule has 1 N–H and O–H groups in total. The van der Waals surface area contributed by atoms with E-state index in [1.807, 2.05) is 43.8 Å². The maximum atomic E-state index is 10.7. The first-order chi connectivity index (χ1) is 8.99. The largest absolute Gasteiger partial charge is 0.481 e. The SMILES string of the molecule is Cc1cccc(-c2c(CCC(=O)O)nn(C)c2C)c1. The minimum absolute atomic E-state index is 0.106. The Labute approximate surface area is 112 Å². The summed E-state index contributed by atoms with van der Waals surface area (Å²) in [6.45, 7) is 4.06. The minimum atomic E-state index is -0.793. The van der Waals surface area contributed by atoms with Crippen molar-refractivity contribution in [2.24, 2.45) is 7.05 Å². The lowest BCUT2D eigenvalue weighted by atomic mass is 9.99. The van der Waals surface area contributed by atoms with E-state index in [9.17, 15) is 4.79 Å². The number of carboxylic acid groups (broad SMARTS) is 1. The number of aryl methyl sites for hydroxylation is 3. The summed E-state index contributed by atoms with van der Waals surface area (Å²) in [5, 5.41) is 13.3. The molecule has 1 heterocycles. The van der Waals surface area contributed by atoms with Crippen molar-refractivity contribution in [1.82, 2.24) is 9.78 Å². The smallest absolute Gasteiger partial charge is 0.303 e. The summed E-state index contributed by atoms with van der Waals surface area (Å²) in [7, 11) is 1.89. The van der Waals surface area contributed by atoms with Crippen LogP contribution in [0, 0.1) is 13.8 Å². The highest BCUT2D eigenvalue weighted by molar-refractivity contribution is 5.71. The summed E-state index contributed by atoms with van der Waals surface area (Å²) < 4.78 is 1.81. The molecule has 0 atom stereocenters. The van der Waals surface area contributed by atoms with Gasteiger partial charge in [-0.2, -0.15) is 5.10 Å². The molecular weight excluding hydrogens is 240 g/mol. The molecule has 19 heavy (non-hydrogen) atoms. The summed E-state index contributed by atoms with van der Waals surface area (Å²) in [6, 6.07) is 8.21. The average molecular weight is 258 g/mol. The van der Waals surface area contributed by atoms with Gasteiger partial charge < -0.3 is 5.11 Å². The summed E-state index contributed by atoms with van der Waals surface area (Å²) in [6.07, 6.45) is 0.565. The van der Waals surface area contributed by atoms with E-state index in [0.717, 1.165) is 22.5 Å². The third-order valence-electron chi connectivity index (χ3n) is 3.29. The number of aromatic nitrogens is 2.